The molecule has 1 N–H and O–H groups in total. The molecule has 0 spiro atoms. The molecule has 0 bridgehead atoms. The number of nitrogens with zero attached hydrogens (tertiary/aromatic N) is 2. The number of anilines is 1. The Balaban J connectivity index is 1.42. The van der Waals surface area contributed by atoms with Gasteiger partial charge in [0.2, 0.25) is 0 Å². The zero-order valence-electron chi connectivity index (χ0n) is 20.6. The van der Waals surface area contributed by atoms with Crippen LogP contribution >= 0.6 is 11.6 Å². The number of para-hydroxylation sites is 1. The SMILES string of the molecule is CCC(OC(=O)c1c2c(nc3ccccc13)CCN(Cc1ccccc1)C2)C(=O)Nc1ccc(Cl)cc1. The number of nitrogens with one attached hydrogen (secondary N) is 1. The van der Waals surface area contributed by atoms with Crippen LogP contribution in [0.25, 0.3) is 10.9 Å². The number of carbonyl (C=O) groups is 2. The summed E-state index contributed by atoms with van der Waals surface area (Å²) < 4.78 is 5.85. The van der Waals surface area contributed by atoms with E-state index in [4.69, 9.17) is 21.3 Å². The molecule has 188 valence electrons. The van der Waals surface area contributed by atoms with Gasteiger partial charge in [0.05, 0.1) is 11.1 Å². The summed E-state index contributed by atoms with van der Waals surface area (Å²) in [5, 5.41) is 4.13. The first-order valence-electron chi connectivity index (χ1n) is 12.5. The quantitative estimate of drug-likeness (QED) is 0.306. The van der Waals surface area contributed by atoms with E-state index in [1.54, 1.807) is 24.3 Å². The highest BCUT2D eigenvalue weighted by Gasteiger charge is 2.29. The Labute approximate surface area is 221 Å². The molecule has 2 heterocycles. The molecule has 37 heavy (non-hydrogen) atoms. The molecule has 0 aliphatic carbocycles. The van der Waals surface area contributed by atoms with Gasteiger partial charge < -0.3 is 10.1 Å². The molecule has 1 unspecified atom stereocenters. The number of aromatic nitrogens is 1. The Morgan fingerprint density at radius 2 is 1.76 bits per heavy atom. The fourth-order valence-corrected chi connectivity index (χ4v) is 4.85. The molecule has 1 atom stereocenters. The van der Waals surface area contributed by atoms with Crippen molar-refractivity contribution >= 4 is 40.1 Å². The van der Waals surface area contributed by atoms with Crippen molar-refractivity contribution in [3.63, 3.8) is 0 Å². The predicted molar refractivity (Wildman–Crippen MR) is 146 cm³/mol. The first-order chi connectivity index (χ1) is 18.0. The molecule has 4 aromatic rings. The number of benzene rings is 3. The molecule has 5 rings (SSSR count). The van der Waals surface area contributed by atoms with Gasteiger partial charge in [-0.15, -0.1) is 0 Å². The van der Waals surface area contributed by atoms with Crippen LogP contribution < -0.4 is 5.32 Å². The van der Waals surface area contributed by atoms with Crippen molar-refractivity contribution in [1.29, 1.82) is 0 Å². The standard InChI is InChI=1S/C30H28ClN3O3/c1-2-27(29(35)32-22-14-12-21(31)13-15-22)37-30(36)28-23-10-6-7-11-25(23)33-26-16-17-34(19-24(26)28)18-20-8-4-3-5-9-20/h3-15,27H,2,16-19H2,1H3,(H,32,35). The summed E-state index contributed by atoms with van der Waals surface area (Å²) in [7, 11) is 0. The average Bonchev–Trinajstić information content (AvgIpc) is 2.92. The highest BCUT2D eigenvalue weighted by molar-refractivity contribution is 6.30. The van der Waals surface area contributed by atoms with Crippen LogP contribution in [0.15, 0.2) is 78.9 Å². The number of amides is 1. The molecule has 1 aliphatic rings. The molecular formula is C30H28ClN3O3. The number of esters is 1. The van der Waals surface area contributed by atoms with Crippen LogP contribution in [0.3, 0.4) is 0 Å². The smallest absolute Gasteiger partial charge is 0.340 e. The highest BCUT2D eigenvalue weighted by Crippen LogP contribution is 2.30. The predicted octanol–water partition coefficient (Wildman–Crippen LogP) is 6.02. The number of fused-ring (bicyclic) bond motifs is 2. The van der Waals surface area contributed by atoms with Crippen molar-refractivity contribution in [2.45, 2.75) is 39.0 Å². The molecule has 6 nitrogen and oxygen atoms in total. The van der Waals surface area contributed by atoms with Gasteiger partial charge in [0.1, 0.15) is 0 Å². The van der Waals surface area contributed by atoms with E-state index < -0.39 is 12.1 Å². The van der Waals surface area contributed by atoms with Crippen LogP contribution in [-0.2, 0) is 29.0 Å². The van der Waals surface area contributed by atoms with Crippen molar-refractivity contribution in [3.8, 4) is 0 Å². The minimum atomic E-state index is -0.935. The lowest BCUT2D eigenvalue weighted by atomic mass is 9.95. The third kappa shape index (κ3) is 5.66. The second-order valence-corrected chi connectivity index (χ2v) is 9.61. The van der Waals surface area contributed by atoms with Gasteiger partial charge in [-0.05, 0) is 42.3 Å². The minimum Gasteiger partial charge on any atom is -0.449 e. The third-order valence-electron chi connectivity index (χ3n) is 6.60. The van der Waals surface area contributed by atoms with E-state index in [2.05, 4.69) is 22.3 Å². The van der Waals surface area contributed by atoms with Crippen LogP contribution in [-0.4, -0.2) is 34.4 Å². The number of halogens is 1. The van der Waals surface area contributed by atoms with Crippen molar-refractivity contribution < 1.29 is 14.3 Å². The van der Waals surface area contributed by atoms with Crippen molar-refractivity contribution in [2.75, 3.05) is 11.9 Å². The maximum Gasteiger partial charge on any atom is 0.340 e. The van der Waals surface area contributed by atoms with Gasteiger partial charge in [-0.1, -0.05) is 67.1 Å². The Hall–Kier alpha value is -3.74. The molecule has 0 saturated heterocycles. The van der Waals surface area contributed by atoms with Gasteiger partial charge in [0, 0.05) is 53.4 Å². The Morgan fingerprint density at radius 1 is 1.03 bits per heavy atom. The fraction of sp³-hybridized carbons (Fsp3) is 0.233. The Kier molecular flexibility index (Phi) is 7.49. The maximum absolute atomic E-state index is 13.7. The number of carbonyl (C=O) groups excluding carboxylic acids is 2. The first kappa shape index (κ1) is 24.9. The van der Waals surface area contributed by atoms with Crippen molar-refractivity contribution in [2.24, 2.45) is 0 Å². The lowest BCUT2D eigenvalue weighted by molar-refractivity contribution is -0.124. The summed E-state index contributed by atoms with van der Waals surface area (Å²) in [4.78, 5) is 33.8. The molecule has 1 aliphatic heterocycles. The van der Waals surface area contributed by atoms with Crippen molar-refractivity contribution in [1.82, 2.24) is 9.88 Å². The first-order valence-corrected chi connectivity index (χ1v) is 12.8. The topological polar surface area (TPSA) is 71.5 Å². The van der Waals surface area contributed by atoms with E-state index in [1.807, 2.05) is 49.4 Å². The van der Waals surface area contributed by atoms with E-state index in [1.165, 1.54) is 5.56 Å². The number of hydrogen-bond donors (Lipinski definition) is 1. The van der Waals surface area contributed by atoms with Crippen LogP contribution in [0.4, 0.5) is 5.69 Å². The summed E-state index contributed by atoms with van der Waals surface area (Å²) in [5.41, 5.74) is 4.84. The number of pyridine rings is 1. The summed E-state index contributed by atoms with van der Waals surface area (Å²) in [6.07, 6.45) is 0.146. The fourth-order valence-electron chi connectivity index (χ4n) is 4.72. The number of hydrogen-bond acceptors (Lipinski definition) is 5. The van der Waals surface area contributed by atoms with Crippen molar-refractivity contribution in [3.05, 3.63) is 106 Å². The van der Waals surface area contributed by atoms with E-state index in [0.717, 1.165) is 41.7 Å². The molecule has 1 aromatic heterocycles. The molecule has 7 heteroatoms. The largest absolute Gasteiger partial charge is 0.449 e. The summed E-state index contributed by atoms with van der Waals surface area (Å²) in [5.74, 6) is -0.884. The van der Waals surface area contributed by atoms with Gasteiger partial charge in [0.25, 0.3) is 5.91 Å². The van der Waals surface area contributed by atoms with Gasteiger partial charge in [-0.3, -0.25) is 14.7 Å². The second-order valence-electron chi connectivity index (χ2n) is 9.17. The molecule has 0 saturated carbocycles. The van der Waals surface area contributed by atoms with Gasteiger partial charge >= 0.3 is 5.97 Å². The summed E-state index contributed by atoms with van der Waals surface area (Å²) >= 11 is 5.95. The normalized spacial score (nSPS) is 14.1. The molecular weight excluding hydrogens is 486 g/mol. The Bertz CT molecular complexity index is 1420. The molecule has 3 aromatic carbocycles. The lowest BCUT2D eigenvalue weighted by Crippen LogP contribution is -2.34. The minimum absolute atomic E-state index is 0.344. The summed E-state index contributed by atoms with van der Waals surface area (Å²) in [6.45, 7) is 4.03. The van der Waals surface area contributed by atoms with Crippen LogP contribution in [0.2, 0.25) is 5.02 Å². The van der Waals surface area contributed by atoms with Gasteiger partial charge in [0.15, 0.2) is 6.10 Å². The zero-order chi connectivity index (χ0) is 25.8. The van der Waals surface area contributed by atoms with E-state index >= 15 is 0 Å². The Morgan fingerprint density at radius 3 is 2.51 bits per heavy atom. The number of rotatable bonds is 7. The van der Waals surface area contributed by atoms with Crippen LogP contribution in [0, 0.1) is 0 Å². The lowest BCUT2D eigenvalue weighted by Gasteiger charge is -2.30. The van der Waals surface area contributed by atoms with Gasteiger partial charge in [-0.2, -0.15) is 0 Å². The third-order valence-corrected chi connectivity index (χ3v) is 6.85. The van der Waals surface area contributed by atoms with Crippen LogP contribution in [0.1, 0.15) is 40.5 Å². The molecule has 1 amide bonds. The highest BCUT2D eigenvalue weighted by atomic mass is 35.5. The molecule has 0 fully saturated rings. The molecule has 0 radical (unpaired) electrons. The average molecular weight is 514 g/mol. The maximum atomic E-state index is 13.7. The van der Waals surface area contributed by atoms with E-state index in [9.17, 15) is 9.59 Å². The monoisotopic (exact) mass is 513 g/mol. The van der Waals surface area contributed by atoms with E-state index in [0.29, 0.717) is 29.2 Å². The number of ether oxygens (including phenoxy) is 1. The second kappa shape index (κ2) is 11.1. The van der Waals surface area contributed by atoms with E-state index in [-0.39, 0.29) is 5.91 Å². The zero-order valence-corrected chi connectivity index (χ0v) is 21.4. The summed E-state index contributed by atoms with van der Waals surface area (Å²) in [6, 6.07) is 24.7. The van der Waals surface area contributed by atoms with Gasteiger partial charge in [-0.25, -0.2) is 4.79 Å². The van der Waals surface area contributed by atoms with Crippen LogP contribution in [0.5, 0.6) is 0 Å².